The fourth-order valence-electron chi connectivity index (χ4n) is 2.48. The second-order valence-corrected chi connectivity index (χ2v) is 6.04. The molecule has 0 atom stereocenters. The van der Waals surface area contributed by atoms with Crippen molar-refractivity contribution >= 4 is 23.1 Å². The van der Waals surface area contributed by atoms with Crippen LogP contribution in [0, 0.1) is 13.8 Å². The molecular formula is C21H21N3O2. The summed E-state index contributed by atoms with van der Waals surface area (Å²) in [7, 11) is 1.63. The number of nitrogens with one attached hydrogen (secondary N) is 2. The van der Waals surface area contributed by atoms with E-state index in [0.717, 1.165) is 28.3 Å². The van der Waals surface area contributed by atoms with Crippen LogP contribution in [0.2, 0.25) is 0 Å². The molecule has 0 spiro atoms. The van der Waals surface area contributed by atoms with Gasteiger partial charge in [0.2, 0.25) is 0 Å². The first-order chi connectivity index (χ1) is 12.5. The van der Waals surface area contributed by atoms with E-state index < -0.39 is 0 Å². The Hall–Kier alpha value is -3.34. The highest BCUT2D eigenvalue weighted by Gasteiger charge is 2.08. The molecule has 0 aliphatic heterocycles. The third-order valence-corrected chi connectivity index (χ3v) is 4.13. The lowest BCUT2D eigenvalue weighted by Gasteiger charge is -2.09. The molecule has 5 heteroatoms. The van der Waals surface area contributed by atoms with E-state index in [4.69, 9.17) is 4.74 Å². The van der Waals surface area contributed by atoms with Gasteiger partial charge >= 0.3 is 0 Å². The lowest BCUT2D eigenvalue weighted by Crippen LogP contribution is -2.13. The van der Waals surface area contributed by atoms with E-state index in [2.05, 4.69) is 15.6 Å². The molecule has 0 radical (unpaired) electrons. The zero-order valence-electron chi connectivity index (χ0n) is 15.0. The molecule has 132 valence electrons. The van der Waals surface area contributed by atoms with Crippen molar-refractivity contribution in [1.29, 1.82) is 0 Å². The Balaban J connectivity index is 1.67. The molecule has 2 aromatic carbocycles. The lowest BCUT2D eigenvalue weighted by molar-refractivity contribution is 0.102. The highest BCUT2D eigenvalue weighted by molar-refractivity contribution is 6.03. The molecule has 1 amide bonds. The number of hydrogen-bond acceptors (Lipinski definition) is 4. The number of methoxy groups -OCH3 is 1. The van der Waals surface area contributed by atoms with Gasteiger partial charge in [-0.1, -0.05) is 12.1 Å². The summed E-state index contributed by atoms with van der Waals surface area (Å²) in [5.41, 5.74) is 4.59. The Morgan fingerprint density at radius 1 is 0.962 bits per heavy atom. The van der Waals surface area contributed by atoms with E-state index in [-0.39, 0.29) is 5.91 Å². The monoisotopic (exact) mass is 347 g/mol. The topological polar surface area (TPSA) is 63.2 Å². The molecule has 0 bridgehead atoms. The van der Waals surface area contributed by atoms with Crippen LogP contribution in [0.3, 0.4) is 0 Å². The molecular weight excluding hydrogens is 326 g/mol. The van der Waals surface area contributed by atoms with Crippen LogP contribution in [0.4, 0.5) is 17.2 Å². The van der Waals surface area contributed by atoms with Crippen LogP contribution in [0.25, 0.3) is 0 Å². The number of amides is 1. The number of aromatic nitrogens is 1. The predicted octanol–water partition coefficient (Wildman–Crippen LogP) is 4.70. The van der Waals surface area contributed by atoms with E-state index in [9.17, 15) is 4.79 Å². The number of pyridine rings is 1. The number of anilines is 3. The van der Waals surface area contributed by atoms with Crippen molar-refractivity contribution in [3.8, 4) is 5.75 Å². The number of carbonyl (C=O) groups excluding carboxylic acids is 1. The molecule has 0 aliphatic rings. The van der Waals surface area contributed by atoms with Crippen molar-refractivity contribution in [1.82, 2.24) is 4.98 Å². The van der Waals surface area contributed by atoms with Gasteiger partial charge in [0, 0.05) is 17.3 Å². The zero-order chi connectivity index (χ0) is 18.5. The normalized spacial score (nSPS) is 10.3. The fourth-order valence-corrected chi connectivity index (χ4v) is 2.48. The molecule has 0 aliphatic carbocycles. The average molecular weight is 347 g/mol. The van der Waals surface area contributed by atoms with Crippen LogP contribution in [-0.2, 0) is 0 Å². The summed E-state index contributed by atoms with van der Waals surface area (Å²) in [4.78, 5) is 16.6. The van der Waals surface area contributed by atoms with Crippen molar-refractivity contribution in [2.24, 2.45) is 0 Å². The summed E-state index contributed by atoms with van der Waals surface area (Å²) in [6, 6.07) is 16.9. The SMILES string of the molecule is COc1cccc(Nc2ccc(NC(=O)c3ccc(C)c(C)c3)nc2)c1. The summed E-state index contributed by atoms with van der Waals surface area (Å²) in [5, 5.41) is 6.07. The molecule has 5 nitrogen and oxygen atoms in total. The van der Waals surface area contributed by atoms with Gasteiger partial charge in [0.1, 0.15) is 11.6 Å². The van der Waals surface area contributed by atoms with Gasteiger partial charge < -0.3 is 15.4 Å². The summed E-state index contributed by atoms with van der Waals surface area (Å²) in [6.07, 6.45) is 1.68. The van der Waals surface area contributed by atoms with E-state index in [0.29, 0.717) is 11.4 Å². The number of ether oxygens (including phenoxy) is 1. The van der Waals surface area contributed by atoms with Crippen LogP contribution in [0.15, 0.2) is 60.8 Å². The number of aryl methyl sites for hydroxylation is 2. The van der Waals surface area contributed by atoms with E-state index in [1.807, 2.05) is 62.4 Å². The predicted molar refractivity (Wildman–Crippen MR) is 104 cm³/mol. The third kappa shape index (κ3) is 4.19. The minimum atomic E-state index is -0.172. The minimum absolute atomic E-state index is 0.172. The van der Waals surface area contributed by atoms with Crippen LogP contribution < -0.4 is 15.4 Å². The standard InChI is InChI=1S/C21H21N3O2/c1-14-7-8-16(11-15(14)2)21(25)24-20-10-9-18(13-22-20)23-17-5-4-6-19(12-17)26-3/h4-13,23H,1-3H3,(H,22,24,25). The van der Waals surface area contributed by atoms with Gasteiger partial charge in [-0.05, 0) is 61.4 Å². The largest absolute Gasteiger partial charge is 0.497 e. The first-order valence-corrected chi connectivity index (χ1v) is 8.31. The van der Waals surface area contributed by atoms with Crippen molar-refractivity contribution in [3.63, 3.8) is 0 Å². The molecule has 0 fully saturated rings. The molecule has 26 heavy (non-hydrogen) atoms. The second kappa shape index (κ2) is 7.70. The van der Waals surface area contributed by atoms with Crippen LogP contribution in [-0.4, -0.2) is 18.0 Å². The van der Waals surface area contributed by atoms with E-state index in [1.165, 1.54) is 0 Å². The smallest absolute Gasteiger partial charge is 0.256 e. The minimum Gasteiger partial charge on any atom is -0.497 e. The number of carbonyl (C=O) groups is 1. The molecule has 0 saturated heterocycles. The van der Waals surface area contributed by atoms with Gasteiger partial charge in [-0.15, -0.1) is 0 Å². The summed E-state index contributed by atoms with van der Waals surface area (Å²) >= 11 is 0. The van der Waals surface area contributed by atoms with Gasteiger partial charge in [-0.2, -0.15) is 0 Å². The molecule has 3 aromatic rings. The van der Waals surface area contributed by atoms with Crippen molar-refractivity contribution in [2.45, 2.75) is 13.8 Å². The first-order valence-electron chi connectivity index (χ1n) is 8.31. The van der Waals surface area contributed by atoms with Crippen molar-refractivity contribution < 1.29 is 9.53 Å². The Bertz CT molecular complexity index is 921. The van der Waals surface area contributed by atoms with Gasteiger partial charge in [0.05, 0.1) is 19.0 Å². The van der Waals surface area contributed by atoms with Crippen LogP contribution >= 0.6 is 0 Å². The molecule has 3 rings (SSSR count). The summed E-state index contributed by atoms with van der Waals surface area (Å²) in [5.74, 6) is 1.11. The number of nitrogens with zero attached hydrogens (tertiary/aromatic N) is 1. The second-order valence-electron chi connectivity index (χ2n) is 6.04. The fraction of sp³-hybridized carbons (Fsp3) is 0.143. The summed E-state index contributed by atoms with van der Waals surface area (Å²) < 4.78 is 5.21. The third-order valence-electron chi connectivity index (χ3n) is 4.13. The number of hydrogen-bond donors (Lipinski definition) is 2. The number of rotatable bonds is 5. The van der Waals surface area contributed by atoms with E-state index in [1.54, 1.807) is 19.4 Å². The van der Waals surface area contributed by atoms with Crippen molar-refractivity contribution in [2.75, 3.05) is 17.7 Å². The zero-order valence-corrected chi connectivity index (χ0v) is 15.0. The Morgan fingerprint density at radius 2 is 1.81 bits per heavy atom. The average Bonchev–Trinajstić information content (AvgIpc) is 2.65. The Kier molecular flexibility index (Phi) is 5.17. The lowest BCUT2D eigenvalue weighted by atomic mass is 10.1. The van der Waals surface area contributed by atoms with Crippen LogP contribution in [0.5, 0.6) is 5.75 Å². The van der Waals surface area contributed by atoms with E-state index >= 15 is 0 Å². The first kappa shape index (κ1) is 17.5. The molecule has 0 unspecified atom stereocenters. The molecule has 1 heterocycles. The quantitative estimate of drug-likeness (QED) is 0.702. The Labute approximate surface area is 153 Å². The van der Waals surface area contributed by atoms with Gasteiger partial charge in [-0.3, -0.25) is 4.79 Å². The maximum Gasteiger partial charge on any atom is 0.256 e. The van der Waals surface area contributed by atoms with Crippen molar-refractivity contribution in [3.05, 3.63) is 77.5 Å². The highest BCUT2D eigenvalue weighted by atomic mass is 16.5. The van der Waals surface area contributed by atoms with Gasteiger partial charge in [0.25, 0.3) is 5.91 Å². The molecule has 2 N–H and O–H groups in total. The number of benzene rings is 2. The van der Waals surface area contributed by atoms with Gasteiger partial charge in [0.15, 0.2) is 0 Å². The maximum atomic E-state index is 12.3. The molecule has 1 aromatic heterocycles. The van der Waals surface area contributed by atoms with Crippen LogP contribution in [0.1, 0.15) is 21.5 Å². The molecule has 0 saturated carbocycles. The maximum absolute atomic E-state index is 12.3. The Morgan fingerprint density at radius 3 is 2.50 bits per heavy atom. The van der Waals surface area contributed by atoms with Gasteiger partial charge in [-0.25, -0.2) is 4.98 Å². The highest BCUT2D eigenvalue weighted by Crippen LogP contribution is 2.21. The summed E-state index contributed by atoms with van der Waals surface area (Å²) in [6.45, 7) is 4.01.